The van der Waals surface area contributed by atoms with Crippen molar-refractivity contribution in [1.29, 1.82) is 0 Å². The molecule has 0 saturated carbocycles. The molecular formula is C12H14BrNO3. The van der Waals surface area contributed by atoms with Gasteiger partial charge in [-0.25, -0.2) is 0 Å². The highest BCUT2D eigenvalue weighted by molar-refractivity contribution is 9.10. The van der Waals surface area contributed by atoms with Gasteiger partial charge in [-0.3, -0.25) is 4.79 Å². The van der Waals surface area contributed by atoms with Crippen LogP contribution in [0.2, 0.25) is 0 Å². The summed E-state index contributed by atoms with van der Waals surface area (Å²) in [7, 11) is 0. The summed E-state index contributed by atoms with van der Waals surface area (Å²) < 4.78 is 6.05. The first-order chi connectivity index (χ1) is 8.16. The molecule has 0 radical (unpaired) electrons. The molecule has 1 atom stereocenters. The first-order valence-corrected chi connectivity index (χ1v) is 6.33. The lowest BCUT2D eigenvalue weighted by Gasteiger charge is -2.23. The predicted molar refractivity (Wildman–Crippen MR) is 67.1 cm³/mol. The van der Waals surface area contributed by atoms with E-state index in [-0.39, 0.29) is 23.3 Å². The Kier molecular flexibility index (Phi) is 4.02. The monoisotopic (exact) mass is 299 g/mol. The number of phenols is 1. The van der Waals surface area contributed by atoms with Crippen LogP contribution in [-0.4, -0.2) is 30.3 Å². The zero-order valence-electron chi connectivity index (χ0n) is 9.28. The van der Waals surface area contributed by atoms with Gasteiger partial charge >= 0.3 is 0 Å². The average Bonchev–Trinajstić information content (AvgIpc) is 2.33. The van der Waals surface area contributed by atoms with Crippen molar-refractivity contribution in [3.05, 3.63) is 28.2 Å². The van der Waals surface area contributed by atoms with Crippen molar-refractivity contribution in [3.63, 3.8) is 0 Å². The van der Waals surface area contributed by atoms with Crippen LogP contribution in [0.25, 0.3) is 0 Å². The molecule has 1 fully saturated rings. The number of carbonyl (C=O) groups excluding carboxylic acids is 1. The molecule has 0 aliphatic carbocycles. The summed E-state index contributed by atoms with van der Waals surface area (Å²) in [6.45, 7) is 1.30. The second-order valence-electron chi connectivity index (χ2n) is 4.05. The van der Waals surface area contributed by atoms with Gasteiger partial charge < -0.3 is 15.2 Å². The quantitative estimate of drug-likeness (QED) is 0.879. The minimum absolute atomic E-state index is 0.0116. The molecule has 2 rings (SSSR count). The molecule has 92 valence electrons. The van der Waals surface area contributed by atoms with E-state index < -0.39 is 0 Å². The Bertz CT molecular complexity index is 416. The molecule has 0 bridgehead atoms. The molecule has 0 spiro atoms. The molecule has 1 aliphatic heterocycles. The number of nitrogens with one attached hydrogen (secondary N) is 1. The summed E-state index contributed by atoms with van der Waals surface area (Å²) in [6, 6.07) is 4.83. The van der Waals surface area contributed by atoms with Crippen molar-refractivity contribution < 1.29 is 14.6 Å². The van der Waals surface area contributed by atoms with E-state index in [4.69, 9.17) is 4.74 Å². The van der Waals surface area contributed by atoms with E-state index in [1.807, 2.05) is 0 Å². The highest BCUT2D eigenvalue weighted by atomic mass is 79.9. The number of phenolic OH excluding ortho intramolecular Hbond substituents is 1. The van der Waals surface area contributed by atoms with Crippen molar-refractivity contribution in [2.75, 3.05) is 13.2 Å². The van der Waals surface area contributed by atoms with Gasteiger partial charge in [0.2, 0.25) is 0 Å². The van der Waals surface area contributed by atoms with Crippen LogP contribution in [0.3, 0.4) is 0 Å². The van der Waals surface area contributed by atoms with Gasteiger partial charge in [0.15, 0.2) is 0 Å². The van der Waals surface area contributed by atoms with Gasteiger partial charge in [0.05, 0.1) is 18.2 Å². The van der Waals surface area contributed by atoms with Crippen LogP contribution in [-0.2, 0) is 4.74 Å². The Morgan fingerprint density at radius 1 is 1.53 bits per heavy atom. The third kappa shape index (κ3) is 3.20. The summed E-state index contributed by atoms with van der Waals surface area (Å²) in [5.41, 5.74) is 0.282. The van der Waals surface area contributed by atoms with Gasteiger partial charge in [-0.15, -0.1) is 0 Å². The van der Waals surface area contributed by atoms with Gasteiger partial charge in [-0.1, -0.05) is 15.9 Å². The van der Waals surface area contributed by atoms with E-state index >= 15 is 0 Å². The fraction of sp³-hybridized carbons (Fsp3) is 0.417. The normalized spacial score (nSPS) is 19.9. The maximum atomic E-state index is 11.9. The van der Waals surface area contributed by atoms with Gasteiger partial charge in [0.1, 0.15) is 5.75 Å². The molecule has 1 aromatic carbocycles. The summed E-state index contributed by atoms with van der Waals surface area (Å²) in [5.74, 6) is -0.276. The number of benzene rings is 1. The van der Waals surface area contributed by atoms with Crippen LogP contribution < -0.4 is 5.32 Å². The fourth-order valence-corrected chi connectivity index (χ4v) is 2.17. The van der Waals surface area contributed by atoms with E-state index in [1.54, 1.807) is 12.1 Å². The molecular weight excluding hydrogens is 286 g/mol. The van der Waals surface area contributed by atoms with Crippen LogP contribution in [0.15, 0.2) is 22.7 Å². The second kappa shape index (κ2) is 5.51. The maximum Gasteiger partial charge on any atom is 0.255 e. The summed E-state index contributed by atoms with van der Waals surface area (Å²) >= 11 is 3.27. The predicted octanol–water partition coefficient (Wildman–Crippen LogP) is 2.06. The Labute approximate surface area is 108 Å². The van der Waals surface area contributed by atoms with Crippen LogP contribution in [0.4, 0.5) is 0 Å². The SMILES string of the molecule is O=C(NC1CCCOC1)c1cc(Br)ccc1O. The lowest BCUT2D eigenvalue weighted by Crippen LogP contribution is -2.40. The zero-order chi connectivity index (χ0) is 12.3. The standard InChI is InChI=1S/C12H14BrNO3/c13-8-3-4-11(15)10(6-8)12(16)14-9-2-1-5-17-7-9/h3-4,6,9,15H,1-2,5,7H2,(H,14,16). The van der Waals surface area contributed by atoms with Crippen LogP contribution in [0.1, 0.15) is 23.2 Å². The van der Waals surface area contributed by atoms with E-state index in [9.17, 15) is 9.90 Å². The van der Waals surface area contributed by atoms with Crippen molar-refractivity contribution in [3.8, 4) is 5.75 Å². The molecule has 0 aromatic heterocycles. The van der Waals surface area contributed by atoms with Gasteiger partial charge in [0.25, 0.3) is 5.91 Å². The smallest absolute Gasteiger partial charge is 0.255 e. The van der Waals surface area contributed by atoms with Crippen LogP contribution in [0.5, 0.6) is 5.75 Å². The molecule has 5 heteroatoms. The van der Waals surface area contributed by atoms with E-state index in [2.05, 4.69) is 21.2 Å². The zero-order valence-corrected chi connectivity index (χ0v) is 10.9. The van der Waals surface area contributed by atoms with Crippen molar-refractivity contribution in [2.45, 2.75) is 18.9 Å². The fourth-order valence-electron chi connectivity index (χ4n) is 1.81. The number of amides is 1. The number of hydrogen-bond acceptors (Lipinski definition) is 3. The van der Waals surface area contributed by atoms with Crippen molar-refractivity contribution in [1.82, 2.24) is 5.32 Å². The minimum Gasteiger partial charge on any atom is -0.507 e. The minimum atomic E-state index is -0.265. The first-order valence-electron chi connectivity index (χ1n) is 5.54. The topological polar surface area (TPSA) is 58.6 Å². The summed E-state index contributed by atoms with van der Waals surface area (Å²) in [6.07, 6.45) is 1.87. The highest BCUT2D eigenvalue weighted by Gasteiger charge is 2.19. The third-order valence-electron chi connectivity index (χ3n) is 2.70. The lowest BCUT2D eigenvalue weighted by atomic mass is 10.1. The van der Waals surface area contributed by atoms with Gasteiger partial charge in [-0.2, -0.15) is 0 Å². The Balaban J connectivity index is 2.05. The molecule has 1 unspecified atom stereocenters. The summed E-state index contributed by atoms with van der Waals surface area (Å²) in [5, 5.41) is 12.5. The molecule has 2 N–H and O–H groups in total. The maximum absolute atomic E-state index is 11.9. The second-order valence-corrected chi connectivity index (χ2v) is 4.96. The molecule has 1 heterocycles. The largest absolute Gasteiger partial charge is 0.507 e. The van der Waals surface area contributed by atoms with Crippen molar-refractivity contribution >= 4 is 21.8 Å². The number of hydrogen-bond donors (Lipinski definition) is 2. The number of carbonyl (C=O) groups is 1. The van der Waals surface area contributed by atoms with Gasteiger partial charge in [0, 0.05) is 11.1 Å². The Morgan fingerprint density at radius 2 is 2.35 bits per heavy atom. The van der Waals surface area contributed by atoms with E-state index in [1.165, 1.54) is 6.07 Å². The number of rotatable bonds is 2. The molecule has 1 amide bonds. The number of halogens is 1. The van der Waals surface area contributed by atoms with Gasteiger partial charge in [-0.05, 0) is 31.0 Å². The average molecular weight is 300 g/mol. The Morgan fingerprint density at radius 3 is 3.06 bits per heavy atom. The van der Waals surface area contributed by atoms with Crippen LogP contribution >= 0.6 is 15.9 Å². The molecule has 1 saturated heterocycles. The van der Waals surface area contributed by atoms with Crippen molar-refractivity contribution in [2.24, 2.45) is 0 Å². The van der Waals surface area contributed by atoms with E-state index in [0.29, 0.717) is 6.61 Å². The highest BCUT2D eigenvalue weighted by Crippen LogP contribution is 2.22. The molecule has 4 nitrogen and oxygen atoms in total. The first kappa shape index (κ1) is 12.4. The third-order valence-corrected chi connectivity index (χ3v) is 3.19. The van der Waals surface area contributed by atoms with Crippen LogP contribution in [0, 0.1) is 0 Å². The molecule has 1 aromatic rings. The lowest BCUT2D eigenvalue weighted by molar-refractivity contribution is 0.0623. The molecule has 17 heavy (non-hydrogen) atoms. The summed E-state index contributed by atoms with van der Waals surface area (Å²) in [4.78, 5) is 11.9. The number of aromatic hydroxyl groups is 1. The Hall–Kier alpha value is -1.07. The molecule has 1 aliphatic rings. The number of ether oxygens (including phenoxy) is 1. The van der Waals surface area contributed by atoms with E-state index in [0.717, 1.165) is 23.9 Å².